The van der Waals surface area contributed by atoms with Gasteiger partial charge in [0.05, 0.1) is 23.6 Å². The van der Waals surface area contributed by atoms with Crippen molar-refractivity contribution in [2.75, 3.05) is 6.61 Å². The number of nitrogens with zero attached hydrogens (tertiary/aromatic N) is 1. The molecule has 1 aromatic carbocycles. The number of hydrogen-bond donors (Lipinski definition) is 1. The van der Waals surface area contributed by atoms with Gasteiger partial charge in [-0.1, -0.05) is 26.0 Å². The first-order valence-electron chi connectivity index (χ1n) is 10.6. The second-order valence-corrected chi connectivity index (χ2v) is 8.02. The number of fused-ring (bicyclic) bond motifs is 3. The predicted molar refractivity (Wildman–Crippen MR) is 118 cm³/mol. The summed E-state index contributed by atoms with van der Waals surface area (Å²) in [6.45, 7) is 5.99. The van der Waals surface area contributed by atoms with Crippen LogP contribution in [0.5, 0.6) is 0 Å². The minimum absolute atomic E-state index is 0.0432. The van der Waals surface area contributed by atoms with Gasteiger partial charge in [0.2, 0.25) is 5.56 Å². The van der Waals surface area contributed by atoms with Crippen LogP contribution in [0.3, 0.4) is 0 Å². The zero-order chi connectivity index (χ0) is 22.1. The summed E-state index contributed by atoms with van der Waals surface area (Å²) in [7, 11) is 0. The van der Waals surface area contributed by atoms with E-state index in [-0.39, 0.29) is 23.9 Å². The lowest BCUT2D eigenvalue weighted by atomic mass is 9.87. The fourth-order valence-corrected chi connectivity index (χ4v) is 4.25. The molecule has 0 amide bonds. The van der Waals surface area contributed by atoms with Gasteiger partial charge in [-0.25, -0.2) is 9.18 Å². The monoisotopic (exact) mass is 420 g/mol. The van der Waals surface area contributed by atoms with Gasteiger partial charge in [-0.2, -0.15) is 0 Å². The third-order valence-corrected chi connectivity index (χ3v) is 5.59. The van der Waals surface area contributed by atoms with E-state index in [0.29, 0.717) is 24.1 Å². The number of H-pyrrole nitrogens is 1. The fourth-order valence-electron chi connectivity index (χ4n) is 4.25. The largest absolute Gasteiger partial charge is 0.462 e. The van der Waals surface area contributed by atoms with Gasteiger partial charge in [0.1, 0.15) is 5.82 Å². The molecule has 160 valence electrons. The Morgan fingerprint density at radius 1 is 1.16 bits per heavy atom. The topological polar surface area (TPSA) is 72.0 Å². The van der Waals surface area contributed by atoms with Crippen LogP contribution in [-0.4, -0.2) is 22.5 Å². The molecule has 0 spiro atoms. The van der Waals surface area contributed by atoms with Crippen LogP contribution in [0.4, 0.5) is 4.39 Å². The molecule has 0 saturated carbocycles. The van der Waals surface area contributed by atoms with E-state index in [2.05, 4.69) is 4.98 Å². The number of esters is 1. The van der Waals surface area contributed by atoms with Gasteiger partial charge >= 0.3 is 5.97 Å². The quantitative estimate of drug-likeness (QED) is 0.601. The third kappa shape index (κ3) is 3.90. The van der Waals surface area contributed by atoms with E-state index in [9.17, 15) is 14.0 Å². The Morgan fingerprint density at radius 3 is 2.58 bits per heavy atom. The van der Waals surface area contributed by atoms with Gasteiger partial charge in [0, 0.05) is 22.9 Å². The number of ether oxygens (including phenoxy) is 1. The average Bonchev–Trinajstić information content (AvgIpc) is 2.91. The first-order valence-corrected chi connectivity index (χ1v) is 10.6. The maximum absolute atomic E-state index is 13.7. The summed E-state index contributed by atoms with van der Waals surface area (Å²) in [6, 6.07) is 9.48. The highest BCUT2D eigenvalue weighted by molar-refractivity contribution is 6.01. The number of aryl methyl sites for hydroxylation is 1. The molecule has 5 nitrogen and oxygen atoms in total. The maximum atomic E-state index is 13.7. The molecule has 1 N–H and O–H groups in total. The van der Waals surface area contributed by atoms with Crippen molar-refractivity contribution in [2.24, 2.45) is 0 Å². The Balaban J connectivity index is 2.12. The molecule has 1 aliphatic carbocycles. The number of pyridine rings is 2. The molecule has 0 fully saturated rings. The van der Waals surface area contributed by atoms with Crippen molar-refractivity contribution in [3.05, 3.63) is 75.1 Å². The summed E-state index contributed by atoms with van der Waals surface area (Å²) in [4.78, 5) is 32.9. The van der Waals surface area contributed by atoms with E-state index in [0.717, 1.165) is 40.1 Å². The molecule has 0 saturated heterocycles. The van der Waals surface area contributed by atoms with E-state index in [1.165, 1.54) is 18.2 Å². The molecular formula is C25H25FN2O3. The van der Waals surface area contributed by atoms with Crippen molar-refractivity contribution in [1.29, 1.82) is 0 Å². The van der Waals surface area contributed by atoms with Crippen molar-refractivity contribution >= 4 is 5.97 Å². The number of hydrogen-bond acceptors (Lipinski definition) is 4. The maximum Gasteiger partial charge on any atom is 0.340 e. The van der Waals surface area contributed by atoms with Crippen LogP contribution in [0.15, 0.2) is 41.2 Å². The Morgan fingerprint density at radius 2 is 1.90 bits per heavy atom. The molecule has 3 aromatic rings. The number of aromatic nitrogens is 2. The van der Waals surface area contributed by atoms with Crippen molar-refractivity contribution in [3.8, 4) is 22.4 Å². The molecular weight excluding hydrogens is 395 g/mol. The zero-order valence-corrected chi connectivity index (χ0v) is 17.9. The minimum Gasteiger partial charge on any atom is -0.462 e. The first-order chi connectivity index (χ1) is 14.9. The number of rotatable bonds is 4. The summed E-state index contributed by atoms with van der Waals surface area (Å²) in [5, 5.41) is 0. The van der Waals surface area contributed by atoms with Crippen molar-refractivity contribution in [1.82, 2.24) is 9.97 Å². The van der Waals surface area contributed by atoms with E-state index in [1.807, 2.05) is 13.8 Å². The Bertz CT molecular complexity index is 1200. The fraction of sp³-hybridized carbons (Fsp3) is 0.320. The summed E-state index contributed by atoms with van der Waals surface area (Å²) < 4.78 is 19.1. The highest BCUT2D eigenvalue weighted by Crippen LogP contribution is 2.41. The summed E-state index contributed by atoms with van der Waals surface area (Å²) in [6.07, 6.45) is 2.17. The number of halogens is 1. The molecule has 0 aliphatic heterocycles. The van der Waals surface area contributed by atoms with Crippen LogP contribution in [0.25, 0.3) is 22.4 Å². The van der Waals surface area contributed by atoms with E-state index < -0.39 is 5.97 Å². The van der Waals surface area contributed by atoms with Gasteiger partial charge in [-0.05, 0) is 61.4 Å². The van der Waals surface area contributed by atoms with Gasteiger partial charge in [0.25, 0.3) is 0 Å². The highest BCUT2D eigenvalue weighted by Gasteiger charge is 2.29. The molecule has 31 heavy (non-hydrogen) atoms. The SMILES string of the molecule is CCOC(=O)c1c(C(C)C)nc2c(c1-c1ccc(F)cc1)CCCc1[nH]c(=O)ccc1-2. The Kier molecular flexibility index (Phi) is 5.72. The molecule has 0 radical (unpaired) electrons. The number of benzene rings is 1. The summed E-state index contributed by atoms with van der Waals surface area (Å²) in [5.74, 6) is -0.807. The van der Waals surface area contributed by atoms with Crippen LogP contribution in [-0.2, 0) is 17.6 Å². The van der Waals surface area contributed by atoms with Gasteiger partial charge in [-0.15, -0.1) is 0 Å². The smallest absolute Gasteiger partial charge is 0.340 e. The lowest BCUT2D eigenvalue weighted by Crippen LogP contribution is -2.16. The molecule has 2 aromatic heterocycles. The molecule has 6 heteroatoms. The van der Waals surface area contributed by atoms with Crippen LogP contribution in [0.1, 0.15) is 60.4 Å². The van der Waals surface area contributed by atoms with Crippen LogP contribution >= 0.6 is 0 Å². The third-order valence-electron chi connectivity index (χ3n) is 5.59. The number of aromatic amines is 1. The molecule has 0 atom stereocenters. The normalized spacial score (nSPS) is 12.8. The average molecular weight is 420 g/mol. The molecule has 1 aliphatic rings. The molecule has 4 rings (SSSR count). The molecule has 0 bridgehead atoms. The van der Waals surface area contributed by atoms with Crippen LogP contribution in [0, 0.1) is 5.82 Å². The van der Waals surface area contributed by atoms with Crippen LogP contribution < -0.4 is 5.56 Å². The van der Waals surface area contributed by atoms with Crippen LogP contribution in [0.2, 0.25) is 0 Å². The zero-order valence-electron chi connectivity index (χ0n) is 17.9. The van der Waals surface area contributed by atoms with Gasteiger partial charge < -0.3 is 9.72 Å². The van der Waals surface area contributed by atoms with Gasteiger partial charge in [-0.3, -0.25) is 9.78 Å². The Labute approximate surface area is 180 Å². The lowest BCUT2D eigenvalue weighted by Gasteiger charge is -2.22. The highest BCUT2D eigenvalue weighted by atomic mass is 19.1. The first kappa shape index (κ1) is 21.0. The van der Waals surface area contributed by atoms with E-state index >= 15 is 0 Å². The second-order valence-electron chi connectivity index (χ2n) is 8.02. The summed E-state index contributed by atoms with van der Waals surface area (Å²) in [5.41, 5.74) is 5.82. The van der Waals surface area contributed by atoms with Crippen molar-refractivity contribution in [3.63, 3.8) is 0 Å². The number of carbonyl (C=O) groups excluding carboxylic acids is 1. The predicted octanol–water partition coefficient (Wildman–Crippen LogP) is 5.03. The van der Waals surface area contributed by atoms with E-state index in [1.54, 1.807) is 25.1 Å². The number of carbonyl (C=O) groups is 1. The minimum atomic E-state index is -0.424. The summed E-state index contributed by atoms with van der Waals surface area (Å²) >= 11 is 0. The number of nitrogens with one attached hydrogen (secondary N) is 1. The Hall–Kier alpha value is -3.28. The molecule has 2 heterocycles. The molecule has 0 unspecified atom stereocenters. The second kappa shape index (κ2) is 8.46. The van der Waals surface area contributed by atoms with E-state index in [4.69, 9.17) is 9.72 Å². The van der Waals surface area contributed by atoms with Gasteiger partial charge in [0.15, 0.2) is 0 Å². The standard InChI is InChI=1S/C25H25FN2O3/c1-4-31-25(30)22-21(15-8-10-16(26)11-9-15)18-6-5-7-19-17(12-13-20(29)27-19)24(18)28-23(22)14(2)3/h8-14H,4-7H2,1-3H3,(H,27,29). The van der Waals surface area contributed by atoms with Crippen molar-refractivity contribution in [2.45, 2.75) is 46.0 Å². The lowest BCUT2D eigenvalue weighted by molar-refractivity contribution is 0.0525. The van der Waals surface area contributed by atoms with Crippen molar-refractivity contribution < 1.29 is 13.9 Å².